The largest absolute Gasteiger partial charge is 0.344 e. The Morgan fingerprint density at radius 2 is 2.00 bits per heavy atom. The molecule has 4 heteroatoms. The molecule has 0 aliphatic carbocycles. The van der Waals surface area contributed by atoms with E-state index in [4.69, 9.17) is 5.73 Å². The van der Waals surface area contributed by atoms with Gasteiger partial charge in [-0.3, -0.25) is 4.79 Å². The van der Waals surface area contributed by atoms with Crippen LogP contribution in [0.4, 0.5) is 0 Å². The summed E-state index contributed by atoms with van der Waals surface area (Å²) in [6, 6.07) is 8.50. The van der Waals surface area contributed by atoms with Crippen LogP contribution in [0.15, 0.2) is 24.3 Å². The van der Waals surface area contributed by atoms with E-state index >= 15 is 0 Å². The van der Waals surface area contributed by atoms with E-state index in [1.54, 1.807) is 0 Å². The Hall–Kier alpha value is -1.39. The van der Waals surface area contributed by atoms with E-state index in [1.165, 1.54) is 12.8 Å². The maximum atomic E-state index is 12.2. The molecule has 1 aliphatic heterocycles. The number of likely N-dealkylation sites (tertiary alicyclic amines) is 1. The summed E-state index contributed by atoms with van der Waals surface area (Å²) in [5.74, 6) is 0.186. The predicted octanol–water partition coefficient (Wildman–Crippen LogP) is 1.24. The molecule has 1 fully saturated rings. The molecule has 4 nitrogen and oxygen atoms in total. The minimum Gasteiger partial charge on any atom is -0.344 e. The van der Waals surface area contributed by atoms with Gasteiger partial charge in [-0.05, 0) is 37.6 Å². The smallest absolute Gasteiger partial charge is 0.226 e. The molecule has 1 heterocycles. The topological polar surface area (TPSA) is 49.6 Å². The molecule has 1 aliphatic rings. The quantitative estimate of drug-likeness (QED) is 0.879. The van der Waals surface area contributed by atoms with Crippen molar-refractivity contribution >= 4 is 5.91 Å². The van der Waals surface area contributed by atoms with Crippen LogP contribution in [0.5, 0.6) is 0 Å². The fourth-order valence-corrected chi connectivity index (χ4v) is 2.73. The van der Waals surface area contributed by atoms with Gasteiger partial charge in [0.25, 0.3) is 0 Å². The third-order valence-corrected chi connectivity index (χ3v) is 4.20. The molecular formula is C16H25N3O. The van der Waals surface area contributed by atoms with Crippen molar-refractivity contribution in [3.63, 3.8) is 0 Å². The van der Waals surface area contributed by atoms with Crippen LogP contribution in [-0.4, -0.2) is 48.9 Å². The Morgan fingerprint density at radius 1 is 1.35 bits per heavy atom. The number of carbonyl (C=O) groups is 1. The van der Waals surface area contributed by atoms with Crippen molar-refractivity contribution in [1.82, 2.24) is 9.80 Å². The standard InChI is InChI=1S/C16H25N3O/c1-18-9-3-4-15(18)12-19(2)16(20)10-13-5-7-14(11-17)8-6-13/h5-8,15H,3-4,9-12,17H2,1-2H3. The van der Waals surface area contributed by atoms with Gasteiger partial charge in [0.15, 0.2) is 0 Å². The highest BCUT2D eigenvalue weighted by atomic mass is 16.2. The van der Waals surface area contributed by atoms with Crippen molar-refractivity contribution in [3.8, 4) is 0 Å². The summed E-state index contributed by atoms with van der Waals surface area (Å²) in [5.41, 5.74) is 7.73. The number of nitrogens with zero attached hydrogens (tertiary/aromatic N) is 2. The second kappa shape index (κ2) is 6.86. The number of nitrogens with two attached hydrogens (primary N) is 1. The van der Waals surface area contributed by atoms with Gasteiger partial charge in [-0.1, -0.05) is 24.3 Å². The third kappa shape index (κ3) is 3.81. The monoisotopic (exact) mass is 275 g/mol. The van der Waals surface area contributed by atoms with E-state index in [2.05, 4.69) is 11.9 Å². The van der Waals surface area contributed by atoms with E-state index in [-0.39, 0.29) is 5.91 Å². The van der Waals surface area contributed by atoms with Crippen molar-refractivity contribution in [3.05, 3.63) is 35.4 Å². The summed E-state index contributed by atoms with van der Waals surface area (Å²) < 4.78 is 0. The van der Waals surface area contributed by atoms with Crippen LogP contribution in [0.2, 0.25) is 0 Å². The lowest BCUT2D eigenvalue weighted by atomic mass is 10.1. The van der Waals surface area contributed by atoms with E-state index in [1.807, 2.05) is 36.2 Å². The molecule has 2 N–H and O–H groups in total. The number of hydrogen-bond acceptors (Lipinski definition) is 3. The van der Waals surface area contributed by atoms with Crippen LogP contribution in [0.25, 0.3) is 0 Å². The first-order valence-electron chi connectivity index (χ1n) is 7.32. The zero-order chi connectivity index (χ0) is 14.5. The first-order valence-corrected chi connectivity index (χ1v) is 7.32. The molecule has 1 aromatic rings. The zero-order valence-corrected chi connectivity index (χ0v) is 12.5. The van der Waals surface area contributed by atoms with E-state index in [0.717, 1.165) is 24.2 Å². The molecule has 1 amide bonds. The highest BCUT2D eigenvalue weighted by Crippen LogP contribution is 2.16. The Morgan fingerprint density at radius 3 is 2.55 bits per heavy atom. The fraction of sp³-hybridized carbons (Fsp3) is 0.562. The van der Waals surface area contributed by atoms with Gasteiger partial charge in [0.1, 0.15) is 0 Å². The normalized spacial score (nSPS) is 19.2. The van der Waals surface area contributed by atoms with E-state index in [0.29, 0.717) is 19.0 Å². The molecule has 1 atom stereocenters. The Bertz CT molecular complexity index is 444. The Labute approximate surface area is 121 Å². The number of benzene rings is 1. The summed E-state index contributed by atoms with van der Waals surface area (Å²) in [6.45, 7) is 2.52. The average molecular weight is 275 g/mol. The van der Waals surface area contributed by atoms with Gasteiger partial charge >= 0.3 is 0 Å². The number of likely N-dealkylation sites (N-methyl/N-ethyl adjacent to an activating group) is 2. The molecule has 0 radical (unpaired) electrons. The molecule has 2 rings (SSSR count). The van der Waals surface area contributed by atoms with Gasteiger partial charge in [0, 0.05) is 26.2 Å². The lowest BCUT2D eigenvalue weighted by Crippen LogP contribution is -2.40. The van der Waals surface area contributed by atoms with Gasteiger partial charge < -0.3 is 15.5 Å². The van der Waals surface area contributed by atoms with Crippen LogP contribution < -0.4 is 5.73 Å². The van der Waals surface area contributed by atoms with Crippen molar-refractivity contribution in [2.75, 3.05) is 27.2 Å². The molecule has 110 valence electrons. The number of hydrogen-bond donors (Lipinski definition) is 1. The third-order valence-electron chi connectivity index (χ3n) is 4.20. The van der Waals surface area contributed by atoms with Crippen LogP contribution in [0.3, 0.4) is 0 Å². The Balaban J connectivity index is 1.86. The zero-order valence-electron chi connectivity index (χ0n) is 12.5. The van der Waals surface area contributed by atoms with Gasteiger partial charge in [0.2, 0.25) is 5.91 Å². The maximum Gasteiger partial charge on any atom is 0.226 e. The van der Waals surface area contributed by atoms with Gasteiger partial charge in [-0.15, -0.1) is 0 Å². The first-order chi connectivity index (χ1) is 9.60. The summed E-state index contributed by atoms with van der Waals surface area (Å²) >= 11 is 0. The molecule has 20 heavy (non-hydrogen) atoms. The lowest BCUT2D eigenvalue weighted by molar-refractivity contribution is -0.129. The Kier molecular flexibility index (Phi) is 5.15. The molecule has 0 aromatic heterocycles. The average Bonchev–Trinajstić information content (AvgIpc) is 2.85. The molecule has 1 saturated heterocycles. The number of rotatable bonds is 5. The molecule has 1 aromatic carbocycles. The van der Waals surface area contributed by atoms with Crippen molar-refractivity contribution in [2.24, 2.45) is 5.73 Å². The van der Waals surface area contributed by atoms with Gasteiger partial charge in [0.05, 0.1) is 6.42 Å². The number of carbonyl (C=O) groups excluding carboxylic acids is 1. The summed E-state index contributed by atoms with van der Waals surface area (Å²) in [7, 11) is 4.05. The van der Waals surface area contributed by atoms with Crippen LogP contribution >= 0.6 is 0 Å². The first kappa shape index (κ1) is 15.0. The van der Waals surface area contributed by atoms with Crippen molar-refractivity contribution in [2.45, 2.75) is 31.8 Å². The molecule has 1 unspecified atom stereocenters. The lowest BCUT2D eigenvalue weighted by Gasteiger charge is -2.26. The van der Waals surface area contributed by atoms with Crippen LogP contribution in [-0.2, 0) is 17.8 Å². The van der Waals surface area contributed by atoms with Crippen molar-refractivity contribution < 1.29 is 4.79 Å². The van der Waals surface area contributed by atoms with E-state index < -0.39 is 0 Å². The molecular weight excluding hydrogens is 250 g/mol. The molecule has 0 bridgehead atoms. The van der Waals surface area contributed by atoms with E-state index in [9.17, 15) is 4.79 Å². The van der Waals surface area contributed by atoms with Crippen LogP contribution in [0, 0.1) is 0 Å². The minimum atomic E-state index is 0.186. The summed E-state index contributed by atoms with van der Waals surface area (Å²) in [6.07, 6.45) is 2.90. The number of amides is 1. The molecule has 0 spiro atoms. The molecule has 0 saturated carbocycles. The predicted molar refractivity (Wildman–Crippen MR) is 81.3 cm³/mol. The second-order valence-electron chi connectivity index (χ2n) is 5.75. The van der Waals surface area contributed by atoms with Gasteiger partial charge in [-0.25, -0.2) is 0 Å². The fourth-order valence-electron chi connectivity index (χ4n) is 2.73. The highest BCUT2D eigenvalue weighted by molar-refractivity contribution is 5.78. The minimum absolute atomic E-state index is 0.186. The maximum absolute atomic E-state index is 12.2. The highest BCUT2D eigenvalue weighted by Gasteiger charge is 2.23. The summed E-state index contributed by atoms with van der Waals surface area (Å²) in [5, 5.41) is 0. The second-order valence-corrected chi connectivity index (χ2v) is 5.75. The van der Waals surface area contributed by atoms with Crippen molar-refractivity contribution in [1.29, 1.82) is 0 Å². The summed E-state index contributed by atoms with van der Waals surface area (Å²) in [4.78, 5) is 16.5. The van der Waals surface area contributed by atoms with Gasteiger partial charge in [-0.2, -0.15) is 0 Å². The SMILES string of the molecule is CN(CC1CCCN1C)C(=O)Cc1ccc(CN)cc1. The van der Waals surface area contributed by atoms with Crippen LogP contribution in [0.1, 0.15) is 24.0 Å².